The zero-order chi connectivity index (χ0) is 20.8. The summed E-state index contributed by atoms with van der Waals surface area (Å²) >= 11 is 0. The van der Waals surface area contributed by atoms with Gasteiger partial charge in [0.2, 0.25) is 6.41 Å². The molecule has 0 bridgehead atoms. The SMILES string of the molecule is CCCCCC#CCc1nc(N)c2ncn([C@@H]3O[C@H](CNC=O)C(O)C3O)c2n1. The number of nitrogen functional groups attached to an aromatic ring is 1. The summed E-state index contributed by atoms with van der Waals surface area (Å²) in [6, 6.07) is 0. The van der Waals surface area contributed by atoms with Gasteiger partial charge in [0, 0.05) is 13.0 Å². The number of nitrogens with two attached hydrogens (primary N) is 1. The van der Waals surface area contributed by atoms with E-state index in [2.05, 4.69) is 39.0 Å². The minimum Gasteiger partial charge on any atom is -0.387 e. The minimum absolute atomic E-state index is 0.0703. The first-order valence-electron chi connectivity index (χ1n) is 9.70. The van der Waals surface area contributed by atoms with Crippen LogP contribution in [0.15, 0.2) is 6.33 Å². The largest absolute Gasteiger partial charge is 0.387 e. The number of amides is 1. The maximum Gasteiger partial charge on any atom is 0.207 e. The van der Waals surface area contributed by atoms with E-state index >= 15 is 0 Å². The fourth-order valence-electron chi connectivity index (χ4n) is 3.24. The number of aromatic nitrogens is 4. The molecule has 2 unspecified atom stereocenters. The van der Waals surface area contributed by atoms with Crippen LogP contribution in [-0.4, -0.2) is 61.0 Å². The normalized spacial score (nSPS) is 23.7. The van der Waals surface area contributed by atoms with Crippen LogP contribution in [0, 0.1) is 11.8 Å². The summed E-state index contributed by atoms with van der Waals surface area (Å²) in [4.78, 5) is 23.4. The highest BCUT2D eigenvalue weighted by atomic mass is 16.6. The van der Waals surface area contributed by atoms with Gasteiger partial charge < -0.3 is 26.0 Å². The molecule has 3 rings (SSSR count). The molecule has 3 heterocycles. The first-order valence-corrected chi connectivity index (χ1v) is 9.70. The molecule has 29 heavy (non-hydrogen) atoms. The van der Waals surface area contributed by atoms with Crippen molar-refractivity contribution in [2.24, 2.45) is 0 Å². The first-order chi connectivity index (χ1) is 14.1. The molecule has 0 saturated carbocycles. The van der Waals surface area contributed by atoms with Gasteiger partial charge in [-0.1, -0.05) is 25.7 Å². The molecule has 10 heteroatoms. The molecule has 2 aromatic heterocycles. The van der Waals surface area contributed by atoms with E-state index in [0.717, 1.165) is 25.7 Å². The molecule has 10 nitrogen and oxygen atoms in total. The standard InChI is InChI=1S/C19H26N6O4/c1-2-3-4-5-6-7-8-13-23-17(20)14-18(24-13)25(10-22-14)19-16(28)15(27)12(29-19)9-21-11-26/h10-12,15-16,19,27-28H,2-5,8-9H2,1H3,(H,21,26)(H2,20,23,24)/t12-,15?,16?,19-/m1/s1. The number of carbonyl (C=O) groups is 1. The van der Waals surface area contributed by atoms with Crippen LogP contribution in [0.4, 0.5) is 5.82 Å². The molecule has 0 radical (unpaired) electrons. The second-order valence-electron chi connectivity index (χ2n) is 6.91. The summed E-state index contributed by atoms with van der Waals surface area (Å²) in [5.74, 6) is 6.83. The van der Waals surface area contributed by atoms with Gasteiger partial charge in [0.25, 0.3) is 0 Å². The summed E-state index contributed by atoms with van der Waals surface area (Å²) in [6.07, 6.45) is 2.43. The van der Waals surface area contributed by atoms with Crippen molar-refractivity contribution in [2.75, 3.05) is 12.3 Å². The Morgan fingerprint density at radius 1 is 1.31 bits per heavy atom. The number of hydrogen-bond acceptors (Lipinski definition) is 8. The van der Waals surface area contributed by atoms with Crippen molar-refractivity contribution in [2.45, 2.75) is 63.6 Å². The molecule has 2 aromatic rings. The Morgan fingerprint density at radius 2 is 2.14 bits per heavy atom. The number of fused-ring (bicyclic) bond motifs is 1. The fourth-order valence-corrected chi connectivity index (χ4v) is 3.24. The van der Waals surface area contributed by atoms with Gasteiger partial charge in [0.1, 0.15) is 29.7 Å². The summed E-state index contributed by atoms with van der Waals surface area (Å²) in [7, 11) is 0. The number of ether oxygens (including phenoxy) is 1. The smallest absolute Gasteiger partial charge is 0.207 e. The molecule has 156 valence electrons. The topological polar surface area (TPSA) is 148 Å². The highest BCUT2D eigenvalue weighted by Crippen LogP contribution is 2.31. The van der Waals surface area contributed by atoms with Crippen LogP contribution in [0.25, 0.3) is 11.2 Å². The molecule has 1 amide bonds. The third kappa shape index (κ3) is 4.64. The van der Waals surface area contributed by atoms with E-state index in [9.17, 15) is 15.0 Å². The van der Waals surface area contributed by atoms with Crippen LogP contribution in [-0.2, 0) is 16.0 Å². The van der Waals surface area contributed by atoms with E-state index in [1.54, 1.807) is 0 Å². The molecule has 0 aliphatic carbocycles. The zero-order valence-corrected chi connectivity index (χ0v) is 16.3. The van der Waals surface area contributed by atoms with Crippen molar-refractivity contribution in [3.05, 3.63) is 12.2 Å². The maximum atomic E-state index is 10.5. The molecule has 1 aliphatic rings. The van der Waals surface area contributed by atoms with Crippen molar-refractivity contribution in [1.29, 1.82) is 0 Å². The van der Waals surface area contributed by atoms with Crippen LogP contribution in [0.5, 0.6) is 0 Å². The van der Waals surface area contributed by atoms with Crippen LogP contribution in [0.2, 0.25) is 0 Å². The fraction of sp³-hybridized carbons (Fsp3) is 0.579. The van der Waals surface area contributed by atoms with E-state index in [1.165, 1.54) is 10.9 Å². The third-order valence-electron chi connectivity index (χ3n) is 4.79. The van der Waals surface area contributed by atoms with Gasteiger partial charge in [0.15, 0.2) is 17.7 Å². The molecular weight excluding hydrogens is 376 g/mol. The van der Waals surface area contributed by atoms with Gasteiger partial charge in [-0.3, -0.25) is 9.36 Å². The molecule has 1 saturated heterocycles. The average molecular weight is 402 g/mol. The Labute approximate surface area is 168 Å². The van der Waals surface area contributed by atoms with Crippen molar-refractivity contribution < 1.29 is 19.7 Å². The lowest BCUT2D eigenvalue weighted by Crippen LogP contribution is -2.37. The number of imidazole rings is 1. The Hall–Kier alpha value is -2.74. The highest BCUT2D eigenvalue weighted by Gasteiger charge is 2.44. The first kappa shape index (κ1) is 21.0. The molecule has 1 aliphatic heterocycles. The quantitative estimate of drug-likeness (QED) is 0.272. The van der Waals surface area contributed by atoms with E-state index < -0.39 is 24.5 Å². The zero-order valence-electron chi connectivity index (χ0n) is 16.3. The van der Waals surface area contributed by atoms with E-state index in [4.69, 9.17) is 10.5 Å². The monoisotopic (exact) mass is 402 g/mol. The number of nitrogens with one attached hydrogen (secondary N) is 1. The highest BCUT2D eigenvalue weighted by molar-refractivity contribution is 5.81. The number of aliphatic hydroxyl groups is 2. The molecule has 4 atom stereocenters. The Morgan fingerprint density at radius 3 is 2.90 bits per heavy atom. The number of rotatable bonds is 8. The van der Waals surface area contributed by atoms with Gasteiger partial charge >= 0.3 is 0 Å². The number of nitrogens with zero attached hydrogens (tertiary/aromatic N) is 4. The molecular formula is C19H26N6O4. The summed E-state index contributed by atoms with van der Waals surface area (Å²) in [5, 5.41) is 23.0. The molecule has 0 aromatic carbocycles. The Balaban J connectivity index is 1.80. The number of unbranched alkanes of at least 4 members (excludes halogenated alkanes) is 3. The predicted molar refractivity (Wildman–Crippen MR) is 105 cm³/mol. The van der Waals surface area contributed by atoms with Gasteiger partial charge in [-0.25, -0.2) is 15.0 Å². The lowest BCUT2D eigenvalue weighted by atomic mass is 10.1. The summed E-state index contributed by atoms with van der Waals surface area (Å²) in [5.41, 5.74) is 6.79. The van der Waals surface area contributed by atoms with Crippen molar-refractivity contribution in [3.8, 4) is 11.8 Å². The second-order valence-corrected chi connectivity index (χ2v) is 6.91. The third-order valence-corrected chi connectivity index (χ3v) is 4.79. The molecule has 0 spiro atoms. The number of aliphatic hydroxyl groups excluding tert-OH is 2. The van der Waals surface area contributed by atoms with Gasteiger partial charge in [-0.2, -0.15) is 0 Å². The van der Waals surface area contributed by atoms with Gasteiger partial charge in [0.05, 0.1) is 12.7 Å². The average Bonchev–Trinajstić information content (AvgIpc) is 3.25. The summed E-state index contributed by atoms with van der Waals surface area (Å²) < 4.78 is 7.24. The minimum atomic E-state index is -1.22. The van der Waals surface area contributed by atoms with Crippen molar-refractivity contribution >= 4 is 23.4 Å². The molecule has 1 fully saturated rings. The predicted octanol–water partition coefficient (Wildman–Crippen LogP) is -0.100. The maximum absolute atomic E-state index is 10.5. The van der Waals surface area contributed by atoms with Crippen LogP contribution < -0.4 is 11.1 Å². The van der Waals surface area contributed by atoms with Crippen LogP contribution in [0.3, 0.4) is 0 Å². The van der Waals surface area contributed by atoms with Gasteiger partial charge in [-0.15, -0.1) is 5.92 Å². The van der Waals surface area contributed by atoms with E-state index in [-0.39, 0.29) is 12.4 Å². The van der Waals surface area contributed by atoms with Gasteiger partial charge in [-0.05, 0) is 6.42 Å². The molecule has 5 N–H and O–H groups in total. The lowest BCUT2D eigenvalue weighted by Gasteiger charge is -2.16. The van der Waals surface area contributed by atoms with Crippen molar-refractivity contribution in [3.63, 3.8) is 0 Å². The number of carbonyl (C=O) groups excluding carboxylic acids is 1. The Bertz CT molecular complexity index is 905. The Kier molecular flexibility index (Phi) is 6.98. The number of hydrogen-bond donors (Lipinski definition) is 4. The van der Waals surface area contributed by atoms with Crippen LogP contribution in [0.1, 0.15) is 44.7 Å². The van der Waals surface area contributed by atoms with E-state index in [1.807, 2.05) is 0 Å². The van der Waals surface area contributed by atoms with Crippen LogP contribution >= 0.6 is 0 Å². The van der Waals surface area contributed by atoms with Crippen molar-refractivity contribution in [1.82, 2.24) is 24.8 Å². The number of anilines is 1. The van der Waals surface area contributed by atoms with E-state index in [0.29, 0.717) is 29.8 Å². The second kappa shape index (κ2) is 9.65. The lowest BCUT2D eigenvalue weighted by molar-refractivity contribution is -0.110. The summed E-state index contributed by atoms with van der Waals surface area (Å²) in [6.45, 7) is 2.22.